The third-order valence-electron chi connectivity index (χ3n) is 4.16. The molecule has 22 heavy (non-hydrogen) atoms. The topological polar surface area (TPSA) is 88.1 Å². The second-order valence-electron chi connectivity index (χ2n) is 5.48. The van der Waals surface area contributed by atoms with Crippen molar-refractivity contribution in [2.75, 3.05) is 26.4 Å². The number of hydrogen-bond acceptors (Lipinski definition) is 5. The first kappa shape index (κ1) is 14.8. The minimum atomic E-state index is -0.595. The van der Waals surface area contributed by atoms with Crippen LogP contribution < -0.4 is 10.2 Å². The van der Waals surface area contributed by atoms with E-state index in [1.54, 1.807) is 28.6 Å². The molecule has 7 nitrogen and oxygen atoms in total. The number of carbonyl (C=O) groups excluding carboxylic acids is 2. The number of nitrogens with zero attached hydrogens (tertiary/aromatic N) is 1. The maximum atomic E-state index is 12.5. The number of ether oxygens (including phenoxy) is 2. The Labute approximate surface area is 127 Å². The molecule has 0 spiro atoms. The molecule has 0 aromatic heterocycles. The van der Waals surface area contributed by atoms with E-state index in [0.717, 1.165) is 5.56 Å². The number of fused-ring (bicyclic) bond motifs is 1. The van der Waals surface area contributed by atoms with Crippen LogP contribution in [0.1, 0.15) is 28.9 Å². The van der Waals surface area contributed by atoms with Gasteiger partial charge in [0.1, 0.15) is 12.4 Å². The molecule has 0 radical (unpaired) electrons. The average Bonchev–Trinajstić information content (AvgIpc) is 2.63. The van der Waals surface area contributed by atoms with Crippen LogP contribution in [-0.2, 0) is 9.53 Å². The summed E-state index contributed by atoms with van der Waals surface area (Å²) in [6.45, 7) is 3.75. The number of hydroxylamine groups is 1. The van der Waals surface area contributed by atoms with Crippen molar-refractivity contribution in [2.45, 2.75) is 13.0 Å². The molecule has 1 saturated heterocycles. The molecule has 1 atom stereocenters. The van der Waals surface area contributed by atoms with Crippen LogP contribution in [0, 0.1) is 5.92 Å². The molecular formula is C15H18N2O5. The highest BCUT2D eigenvalue weighted by Gasteiger charge is 2.35. The minimum Gasteiger partial charge on any atom is -0.491 e. The zero-order valence-corrected chi connectivity index (χ0v) is 12.2. The van der Waals surface area contributed by atoms with Gasteiger partial charge in [0.2, 0.25) is 5.91 Å². The molecular weight excluding hydrogens is 288 g/mol. The van der Waals surface area contributed by atoms with Crippen molar-refractivity contribution in [3.63, 3.8) is 0 Å². The standard InChI is InChI=1S/C15H18N2O5/c1-9-12-3-2-10(14(18)16-20)6-13(12)22-5-4-17(9)15(19)11-7-21-8-11/h2-3,6,9,11,20H,4-5,7-8H2,1H3,(H,16,18). The Morgan fingerprint density at radius 3 is 2.77 bits per heavy atom. The lowest BCUT2D eigenvalue weighted by Gasteiger charge is -2.34. The second kappa shape index (κ2) is 5.94. The predicted molar refractivity (Wildman–Crippen MR) is 75.6 cm³/mol. The Hall–Kier alpha value is -2.12. The molecule has 2 aliphatic rings. The monoisotopic (exact) mass is 306 g/mol. The van der Waals surface area contributed by atoms with Crippen molar-refractivity contribution in [1.29, 1.82) is 0 Å². The maximum Gasteiger partial charge on any atom is 0.274 e. The number of hydrogen-bond donors (Lipinski definition) is 2. The second-order valence-corrected chi connectivity index (χ2v) is 5.48. The summed E-state index contributed by atoms with van der Waals surface area (Å²) in [4.78, 5) is 25.7. The third kappa shape index (κ3) is 2.53. The fraction of sp³-hybridized carbons (Fsp3) is 0.467. The summed E-state index contributed by atoms with van der Waals surface area (Å²) in [5.41, 5.74) is 2.75. The van der Waals surface area contributed by atoms with Crippen molar-refractivity contribution in [3.8, 4) is 5.75 Å². The molecule has 0 saturated carbocycles. The van der Waals surface area contributed by atoms with Gasteiger partial charge in [-0.3, -0.25) is 14.8 Å². The van der Waals surface area contributed by atoms with E-state index >= 15 is 0 Å². The number of carbonyl (C=O) groups is 2. The Kier molecular flexibility index (Phi) is 4.00. The molecule has 1 fully saturated rings. The van der Waals surface area contributed by atoms with Crippen LogP contribution in [0.15, 0.2) is 18.2 Å². The third-order valence-corrected chi connectivity index (χ3v) is 4.16. The van der Waals surface area contributed by atoms with Gasteiger partial charge in [-0.15, -0.1) is 0 Å². The van der Waals surface area contributed by atoms with Gasteiger partial charge in [-0.2, -0.15) is 0 Å². The lowest BCUT2D eigenvalue weighted by atomic mass is 10.0. The van der Waals surface area contributed by atoms with Crippen molar-refractivity contribution < 1.29 is 24.3 Å². The van der Waals surface area contributed by atoms with Crippen LogP contribution in [0.4, 0.5) is 0 Å². The molecule has 0 bridgehead atoms. The van der Waals surface area contributed by atoms with Crippen molar-refractivity contribution in [1.82, 2.24) is 10.4 Å². The number of benzene rings is 1. The van der Waals surface area contributed by atoms with Gasteiger partial charge in [-0.1, -0.05) is 6.07 Å². The molecule has 0 aliphatic carbocycles. The van der Waals surface area contributed by atoms with Crippen LogP contribution in [0.3, 0.4) is 0 Å². The molecule has 1 aromatic rings. The normalized spacial score (nSPS) is 21.2. The minimum absolute atomic E-state index is 0.0663. The molecule has 1 aromatic carbocycles. The Morgan fingerprint density at radius 2 is 2.14 bits per heavy atom. The van der Waals surface area contributed by atoms with E-state index in [1.807, 2.05) is 6.92 Å². The zero-order chi connectivity index (χ0) is 15.7. The summed E-state index contributed by atoms with van der Waals surface area (Å²) in [6, 6.07) is 4.80. The Morgan fingerprint density at radius 1 is 1.36 bits per heavy atom. The van der Waals surface area contributed by atoms with E-state index in [9.17, 15) is 9.59 Å². The molecule has 2 amide bonds. The number of nitrogens with one attached hydrogen (secondary N) is 1. The first-order valence-electron chi connectivity index (χ1n) is 7.21. The van der Waals surface area contributed by atoms with Gasteiger partial charge in [0.25, 0.3) is 5.91 Å². The maximum absolute atomic E-state index is 12.5. The fourth-order valence-electron chi connectivity index (χ4n) is 2.74. The molecule has 2 aliphatic heterocycles. The first-order chi connectivity index (χ1) is 10.6. The summed E-state index contributed by atoms with van der Waals surface area (Å²) in [5, 5.41) is 8.70. The van der Waals surface area contributed by atoms with Gasteiger partial charge in [0.05, 0.1) is 31.7 Å². The first-order valence-corrected chi connectivity index (χ1v) is 7.21. The van der Waals surface area contributed by atoms with Gasteiger partial charge in [-0.25, -0.2) is 5.48 Å². The van der Waals surface area contributed by atoms with E-state index in [2.05, 4.69) is 0 Å². The lowest BCUT2D eigenvalue weighted by Crippen LogP contribution is -2.46. The highest BCUT2D eigenvalue weighted by atomic mass is 16.5. The molecule has 3 rings (SSSR count). The van der Waals surface area contributed by atoms with Crippen LogP contribution in [0.2, 0.25) is 0 Å². The smallest absolute Gasteiger partial charge is 0.274 e. The number of rotatable bonds is 2. The highest BCUT2D eigenvalue weighted by molar-refractivity contribution is 5.94. The van der Waals surface area contributed by atoms with Crippen LogP contribution in [-0.4, -0.2) is 48.3 Å². The summed E-state index contributed by atoms with van der Waals surface area (Å²) in [6.07, 6.45) is 0. The van der Waals surface area contributed by atoms with Gasteiger partial charge >= 0.3 is 0 Å². The SMILES string of the molecule is CC1c2ccc(C(=O)NO)cc2OCCN1C(=O)C1COC1. The highest BCUT2D eigenvalue weighted by Crippen LogP contribution is 2.34. The average molecular weight is 306 g/mol. The summed E-state index contributed by atoms with van der Waals surface area (Å²) in [5.74, 6) is -0.0209. The van der Waals surface area contributed by atoms with Crippen LogP contribution in [0.25, 0.3) is 0 Å². The Bertz CT molecular complexity index is 600. The van der Waals surface area contributed by atoms with Gasteiger partial charge in [0, 0.05) is 11.1 Å². The predicted octanol–water partition coefficient (Wildman–Crippen LogP) is 0.734. The lowest BCUT2D eigenvalue weighted by molar-refractivity contribution is -0.152. The van der Waals surface area contributed by atoms with Crippen molar-refractivity contribution >= 4 is 11.8 Å². The molecule has 118 valence electrons. The number of amides is 2. The van der Waals surface area contributed by atoms with E-state index < -0.39 is 5.91 Å². The van der Waals surface area contributed by atoms with Gasteiger partial charge < -0.3 is 14.4 Å². The van der Waals surface area contributed by atoms with Crippen LogP contribution >= 0.6 is 0 Å². The summed E-state index contributed by atoms with van der Waals surface area (Å²) in [7, 11) is 0. The van der Waals surface area contributed by atoms with E-state index in [0.29, 0.717) is 37.7 Å². The molecule has 2 heterocycles. The largest absolute Gasteiger partial charge is 0.491 e. The van der Waals surface area contributed by atoms with E-state index in [-0.39, 0.29) is 17.9 Å². The molecule has 7 heteroatoms. The van der Waals surface area contributed by atoms with Crippen LogP contribution in [0.5, 0.6) is 5.75 Å². The van der Waals surface area contributed by atoms with Gasteiger partial charge in [0.15, 0.2) is 0 Å². The molecule has 2 N–H and O–H groups in total. The Balaban J connectivity index is 1.87. The van der Waals surface area contributed by atoms with Gasteiger partial charge in [-0.05, 0) is 19.1 Å². The fourth-order valence-corrected chi connectivity index (χ4v) is 2.74. The summed E-state index contributed by atoms with van der Waals surface area (Å²) < 4.78 is 10.8. The molecule has 1 unspecified atom stereocenters. The van der Waals surface area contributed by atoms with E-state index in [4.69, 9.17) is 14.7 Å². The van der Waals surface area contributed by atoms with E-state index in [1.165, 1.54) is 0 Å². The van der Waals surface area contributed by atoms with Crippen molar-refractivity contribution in [3.05, 3.63) is 29.3 Å². The zero-order valence-electron chi connectivity index (χ0n) is 12.2. The van der Waals surface area contributed by atoms with Crippen molar-refractivity contribution in [2.24, 2.45) is 5.92 Å². The quantitative estimate of drug-likeness (QED) is 0.621. The summed E-state index contributed by atoms with van der Waals surface area (Å²) >= 11 is 0.